The molecular weight excluding hydrogens is 323 g/mol. The Morgan fingerprint density at radius 3 is 2.80 bits per heavy atom. The zero-order valence-corrected chi connectivity index (χ0v) is 14.5. The van der Waals surface area contributed by atoms with E-state index in [0.29, 0.717) is 31.2 Å². The second kappa shape index (κ2) is 7.72. The third kappa shape index (κ3) is 4.41. The minimum Gasteiger partial charge on any atom is -0.450 e. The Bertz CT molecular complexity index is 644. The Balaban J connectivity index is 1.46. The summed E-state index contributed by atoms with van der Waals surface area (Å²) in [6.07, 6.45) is 2.17. The number of hydrogen-bond acceptors (Lipinski definition) is 3. The van der Waals surface area contributed by atoms with Crippen molar-refractivity contribution >= 4 is 12.1 Å². The molecule has 2 fully saturated rings. The Morgan fingerprint density at radius 2 is 2.12 bits per heavy atom. The molecule has 1 amide bonds. The van der Waals surface area contributed by atoms with Crippen molar-refractivity contribution in [3.63, 3.8) is 0 Å². The molecule has 2 unspecified atom stereocenters. The summed E-state index contributed by atoms with van der Waals surface area (Å²) in [5.74, 6) is 0.341. The van der Waals surface area contributed by atoms with Crippen LogP contribution in [0, 0.1) is 5.82 Å². The van der Waals surface area contributed by atoms with E-state index in [1.165, 1.54) is 6.07 Å². The van der Waals surface area contributed by atoms with Crippen molar-refractivity contribution in [1.82, 2.24) is 10.2 Å². The smallest absolute Gasteiger partial charge is 0.409 e. The monoisotopic (exact) mass is 348 g/mol. The van der Waals surface area contributed by atoms with Gasteiger partial charge < -0.3 is 20.7 Å². The van der Waals surface area contributed by atoms with Crippen molar-refractivity contribution in [2.24, 2.45) is 10.7 Å². The van der Waals surface area contributed by atoms with E-state index in [2.05, 4.69) is 10.3 Å². The summed E-state index contributed by atoms with van der Waals surface area (Å²) in [4.78, 5) is 17.9. The van der Waals surface area contributed by atoms with Gasteiger partial charge in [-0.25, -0.2) is 14.2 Å². The number of guanidine groups is 1. The first-order valence-corrected chi connectivity index (χ1v) is 8.84. The molecule has 6 nitrogen and oxygen atoms in total. The van der Waals surface area contributed by atoms with Crippen LogP contribution in [-0.2, 0) is 4.74 Å². The summed E-state index contributed by atoms with van der Waals surface area (Å²) < 4.78 is 18.8. The number of likely N-dealkylation sites (tertiary alicyclic amines) is 1. The van der Waals surface area contributed by atoms with Crippen LogP contribution in [0.15, 0.2) is 29.3 Å². The number of halogens is 1. The second-order valence-corrected chi connectivity index (χ2v) is 6.55. The van der Waals surface area contributed by atoms with E-state index in [9.17, 15) is 9.18 Å². The molecule has 136 valence electrons. The average Bonchev–Trinajstić information content (AvgIpc) is 3.34. The van der Waals surface area contributed by atoms with Crippen LogP contribution in [0.1, 0.15) is 37.7 Å². The van der Waals surface area contributed by atoms with Crippen molar-refractivity contribution in [2.45, 2.75) is 44.2 Å². The van der Waals surface area contributed by atoms with Crippen LogP contribution >= 0.6 is 0 Å². The number of nitrogens with two attached hydrogens (primary N) is 1. The van der Waals surface area contributed by atoms with Crippen LogP contribution in [-0.4, -0.2) is 48.7 Å². The van der Waals surface area contributed by atoms with Gasteiger partial charge in [-0.2, -0.15) is 0 Å². The van der Waals surface area contributed by atoms with E-state index < -0.39 is 0 Å². The van der Waals surface area contributed by atoms with Crippen molar-refractivity contribution in [2.75, 3.05) is 19.7 Å². The third-order valence-corrected chi connectivity index (χ3v) is 4.74. The van der Waals surface area contributed by atoms with Crippen molar-refractivity contribution < 1.29 is 13.9 Å². The Labute approximate surface area is 147 Å². The number of rotatable bonds is 4. The molecule has 3 rings (SSSR count). The molecule has 0 radical (unpaired) electrons. The first-order valence-electron chi connectivity index (χ1n) is 8.84. The molecule has 25 heavy (non-hydrogen) atoms. The number of aliphatic imine (C=N–C) groups is 1. The second-order valence-electron chi connectivity index (χ2n) is 6.55. The van der Waals surface area contributed by atoms with Gasteiger partial charge in [-0.1, -0.05) is 18.2 Å². The van der Waals surface area contributed by atoms with E-state index in [1.807, 2.05) is 12.1 Å². The SMILES string of the molecule is CCOC(=O)N1CCC(NC(N)=NC2CC2c2ccccc2F)CC1. The maximum atomic E-state index is 13.8. The standard InChI is InChI=1S/C18H25FN4O2/c1-2-25-18(24)23-9-7-12(8-10-23)21-17(20)22-16-11-14(16)13-5-3-4-6-15(13)19/h3-6,12,14,16H,2,7-11H2,1H3,(H3,20,21,22). The normalized spacial score (nSPS) is 24.1. The van der Waals surface area contributed by atoms with Gasteiger partial charge in [0.25, 0.3) is 0 Å². The minimum absolute atomic E-state index is 0.0454. The topological polar surface area (TPSA) is 80.0 Å². The van der Waals surface area contributed by atoms with Gasteiger partial charge in [0, 0.05) is 25.0 Å². The zero-order chi connectivity index (χ0) is 17.8. The van der Waals surface area contributed by atoms with Crippen LogP contribution < -0.4 is 11.1 Å². The lowest BCUT2D eigenvalue weighted by Crippen LogP contribution is -2.48. The van der Waals surface area contributed by atoms with Gasteiger partial charge in [0.1, 0.15) is 5.82 Å². The molecule has 0 bridgehead atoms. The number of nitrogens with one attached hydrogen (secondary N) is 1. The van der Waals surface area contributed by atoms with Gasteiger partial charge in [-0.15, -0.1) is 0 Å². The molecule has 1 saturated heterocycles. The van der Waals surface area contributed by atoms with Crippen LogP contribution in [0.4, 0.5) is 9.18 Å². The molecule has 0 spiro atoms. The lowest BCUT2D eigenvalue weighted by Gasteiger charge is -2.31. The highest BCUT2D eigenvalue weighted by Crippen LogP contribution is 2.44. The maximum Gasteiger partial charge on any atom is 0.409 e. The highest BCUT2D eigenvalue weighted by molar-refractivity contribution is 5.78. The summed E-state index contributed by atoms with van der Waals surface area (Å²) in [6, 6.07) is 7.07. The van der Waals surface area contributed by atoms with Crippen LogP contribution in [0.3, 0.4) is 0 Å². The number of hydrogen-bond donors (Lipinski definition) is 2. The van der Waals surface area contributed by atoms with E-state index in [0.717, 1.165) is 19.3 Å². The van der Waals surface area contributed by atoms with Crippen LogP contribution in [0.2, 0.25) is 0 Å². The molecule has 1 aliphatic carbocycles. The Kier molecular flexibility index (Phi) is 5.40. The van der Waals surface area contributed by atoms with Crippen molar-refractivity contribution in [1.29, 1.82) is 0 Å². The highest BCUT2D eigenvalue weighted by Gasteiger charge is 2.40. The van der Waals surface area contributed by atoms with Crippen molar-refractivity contribution in [3.05, 3.63) is 35.6 Å². The maximum absolute atomic E-state index is 13.8. The number of piperidine rings is 1. The van der Waals surface area contributed by atoms with Gasteiger partial charge in [-0.05, 0) is 37.8 Å². The van der Waals surface area contributed by atoms with E-state index >= 15 is 0 Å². The highest BCUT2D eigenvalue weighted by atomic mass is 19.1. The van der Waals surface area contributed by atoms with Gasteiger partial charge in [0.2, 0.25) is 0 Å². The fraction of sp³-hybridized carbons (Fsp3) is 0.556. The molecule has 0 aromatic heterocycles. The molecule has 2 aliphatic rings. The molecule has 3 N–H and O–H groups in total. The summed E-state index contributed by atoms with van der Waals surface area (Å²) in [5.41, 5.74) is 6.72. The molecular formula is C18H25FN4O2. The van der Waals surface area contributed by atoms with Gasteiger partial charge in [-0.3, -0.25) is 0 Å². The Morgan fingerprint density at radius 1 is 1.40 bits per heavy atom. The van der Waals surface area contributed by atoms with E-state index in [-0.39, 0.29) is 29.9 Å². The zero-order valence-electron chi connectivity index (χ0n) is 14.5. The number of benzene rings is 1. The third-order valence-electron chi connectivity index (χ3n) is 4.74. The first kappa shape index (κ1) is 17.5. The first-order chi connectivity index (χ1) is 12.1. The summed E-state index contributed by atoms with van der Waals surface area (Å²) in [6.45, 7) is 3.48. The summed E-state index contributed by atoms with van der Waals surface area (Å²) in [7, 11) is 0. The average molecular weight is 348 g/mol. The lowest BCUT2D eigenvalue weighted by atomic mass is 10.1. The number of nitrogens with zero attached hydrogens (tertiary/aromatic N) is 2. The Hall–Kier alpha value is -2.31. The molecule has 1 aliphatic heterocycles. The predicted octanol–water partition coefficient (Wildman–Crippen LogP) is 2.21. The molecule has 7 heteroatoms. The van der Waals surface area contributed by atoms with Crippen LogP contribution in [0.25, 0.3) is 0 Å². The van der Waals surface area contributed by atoms with Crippen molar-refractivity contribution in [3.8, 4) is 0 Å². The quantitative estimate of drug-likeness (QED) is 0.646. The predicted molar refractivity (Wildman–Crippen MR) is 93.9 cm³/mol. The summed E-state index contributed by atoms with van der Waals surface area (Å²) in [5, 5.41) is 3.22. The minimum atomic E-state index is -0.256. The fourth-order valence-corrected chi connectivity index (χ4v) is 3.28. The number of ether oxygens (including phenoxy) is 1. The van der Waals surface area contributed by atoms with E-state index in [1.54, 1.807) is 17.9 Å². The number of amides is 1. The van der Waals surface area contributed by atoms with Crippen LogP contribution in [0.5, 0.6) is 0 Å². The van der Waals surface area contributed by atoms with E-state index in [4.69, 9.17) is 10.5 Å². The molecule has 1 heterocycles. The number of carbonyl (C=O) groups excluding carboxylic acids is 1. The molecule has 2 atom stereocenters. The van der Waals surface area contributed by atoms with Gasteiger partial charge >= 0.3 is 6.09 Å². The number of carbonyl (C=O) groups is 1. The summed E-state index contributed by atoms with van der Waals surface area (Å²) >= 11 is 0. The molecule has 1 aromatic rings. The fourth-order valence-electron chi connectivity index (χ4n) is 3.28. The van der Waals surface area contributed by atoms with Gasteiger partial charge in [0.05, 0.1) is 12.6 Å². The molecule has 1 aromatic carbocycles. The largest absolute Gasteiger partial charge is 0.450 e. The van der Waals surface area contributed by atoms with Gasteiger partial charge in [0.15, 0.2) is 5.96 Å². The molecule has 1 saturated carbocycles. The lowest BCUT2D eigenvalue weighted by molar-refractivity contribution is 0.0963.